The molecule has 3 N–H and O–H groups in total. The smallest absolute Gasteiger partial charge is 0.241 e. The van der Waals surface area contributed by atoms with E-state index in [0.717, 1.165) is 6.42 Å². The molecular weight excluding hydrogens is 344 g/mol. The van der Waals surface area contributed by atoms with Crippen molar-refractivity contribution >= 4 is 31.6 Å². The standard InChI is InChI=1S/C13H21BrN2O3S/c1-13(2,6-7-19-3)9-16-20(17,18)12-8-10(15)4-5-11(12)14/h4-5,8,16H,6-7,9,15H2,1-3H3. The lowest BCUT2D eigenvalue weighted by molar-refractivity contribution is 0.153. The van der Waals surface area contributed by atoms with Gasteiger partial charge in [-0.1, -0.05) is 13.8 Å². The van der Waals surface area contributed by atoms with E-state index >= 15 is 0 Å². The van der Waals surface area contributed by atoms with Crippen LogP contribution < -0.4 is 10.5 Å². The molecule has 0 saturated heterocycles. The van der Waals surface area contributed by atoms with Crippen LogP contribution in [0.1, 0.15) is 20.3 Å². The zero-order chi connectivity index (χ0) is 15.4. The summed E-state index contributed by atoms with van der Waals surface area (Å²) in [7, 11) is -1.96. The summed E-state index contributed by atoms with van der Waals surface area (Å²) in [5.74, 6) is 0. The minimum atomic E-state index is -3.59. The number of hydrogen-bond acceptors (Lipinski definition) is 4. The van der Waals surface area contributed by atoms with Crippen molar-refractivity contribution in [2.45, 2.75) is 25.2 Å². The van der Waals surface area contributed by atoms with E-state index in [0.29, 0.717) is 23.3 Å². The Balaban J connectivity index is 2.83. The zero-order valence-electron chi connectivity index (χ0n) is 11.9. The van der Waals surface area contributed by atoms with Crippen molar-refractivity contribution < 1.29 is 13.2 Å². The van der Waals surface area contributed by atoms with Gasteiger partial charge in [0.15, 0.2) is 0 Å². The number of methoxy groups -OCH3 is 1. The maximum Gasteiger partial charge on any atom is 0.241 e. The Bertz CT molecular complexity index is 559. The van der Waals surface area contributed by atoms with E-state index in [9.17, 15) is 8.42 Å². The summed E-state index contributed by atoms with van der Waals surface area (Å²) >= 11 is 3.23. The van der Waals surface area contributed by atoms with Crippen molar-refractivity contribution in [2.75, 3.05) is 26.0 Å². The number of ether oxygens (including phenoxy) is 1. The van der Waals surface area contributed by atoms with Crippen LogP contribution in [-0.2, 0) is 14.8 Å². The lowest BCUT2D eigenvalue weighted by atomic mass is 9.90. The van der Waals surface area contributed by atoms with Crippen molar-refractivity contribution in [1.82, 2.24) is 4.72 Å². The fraction of sp³-hybridized carbons (Fsp3) is 0.538. The molecule has 0 bridgehead atoms. The highest BCUT2D eigenvalue weighted by Gasteiger charge is 2.23. The highest BCUT2D eigenvalue weighted by atomic mass is 79.9. The number of nitrogens with two attached hydrogens (primary N) is 1. The van der Waals surface area contributed by atoms with E-state index in [1.807, 2.05) is 13.8 Å². The molecule has 0 spiro atoms. The predicted octanol–water partition coefficient (Wildman–Crippen LogP) is 2.37. The summed E-state index contributed by atoms with van der Waals surface area (Å²) in [6.45, 7) is 4.91. The Kier molecular flexibility index (Phi) is 6.00. The van der Waals surface area contributed by atoms with Gasteiger partial charge in [-0.15, -0.1) is 0 Å². The molecule has 5 nitrogen and oxygen atoms in total. The van der Waals surface area contributed by atoms with Gasteiger partial charge in [-0.2, -0.15) is 0 Å². The predicted molar refractivity (Wildman–Crippen MR) is 84.0 cm³/mol. The van der Waals surface area contributed by atoms with Gasteiger partial charge < -0.3 is 10.5 Å². The van der Waals surface area contributed by atoms with Crippen LogP contribution in [0.2, 0.25) is 0 Å². The Morgan fingerprint density at radius 3 is 2.65 bits per heavy atom. The van der Waals surface area contributed by atoms with E-state index < -0.39 is 10.0 Å². The topological polar surface area (TPSA) is 81.4 Å². The number of anilines is 1. The molecule has 0 radical (unpaired) electrons. The molecule has 0 amide bonds. The van der Waals surface area contributed by atoms with Crippen LogP contribution in [0, 0.1) is 5.41 Å². The average molecular weight is 365 g/mol. The van der Waals surface area contributed by atoms with Gasteiger partial charge >= 0.3 is 0 Å². The van der Waals surface area contributed by atoms with Gasteiger partial charge in [0, 0.05) is 30.4 Å². The molecule has 1 rings (SSSR count). The van der Waals surface area contributed by atoms with E-state index in [-0.39, 0.29) is 10.3 Å². The molecule has 1 aromatic rings. The molecule has 7 heteroatoms. The molecule has 0 saturated carbocycles. The Morgan fingerprint density at radius 2 is 2.05 bits per heavy atom. The monoisotopic (exact) mass is 364 g/mol. The summed E-state index contributed by atoms with van der Waals surface area (Å²) in [5, 5.41) is 0. The molecule has 114 valence electrons. The van der Waals surface area contributed by atoms with Crippen molar-refractivity contribution in [2.24, 2.45) is 5.41 Å². The maximum absolute atomic E-state index is 12.3. The molecule has 20 heavy (non-hydrogen) atoms. The van der Waals surface area contributed by atoms with Crippen molar-refractivity contribution in [3.63, 3.8) is 0 Å². The van der Waals surface area contributed by atoms with Gasteiger partial charge in [0.1, 0.15) is 0 Å². The van der Waals surface area contributed by atoms with Gasteiger partial charge in [0.2, 0.25) is 10.0 Å². The largest absolute Gasteiger partial charge is 0.399 e. The lowest BCUT2D eigenvalue weighted by Gasteiger charge is -2.24. The summed E-state index contributed by atoms with van der Waals surface area (Å²) in [5.41, 5.74) is 5.87. The molecule has 1 aromatic carbocycles. The number of halogens is 1. The third kappa shape index (κ3) is 5.05. The van der Waals surface area contributed by atoms with Gasteiger partial charge in [-0.25, -0.2) is 13.1 Å². The van der Waals surface area contributed by atoms with Crippen molar-refractivity contribution in [3.05, 3.63) is 22.7 Å². The van der Waals surface area contributed by atoms with Crippen LogP contribution in [-0.4, -0.2) is 28.7 Å². The van der Waals surface area contributed by atoms with E-state index in [4.69, 9.17) is 10.5 Å². The second-order valence-corrected chi connectivity index (χ2v) is 8.01. The highest BCUT2D eigenvalue weighted by molar-refractivity contribution is 9.10. The SMILES string of the molecule is COCCC(C)(C)CNS(=O)(=O)c1cc(N)ccc1Br. The maximum atomic E-state index is 12.3. The van der Waals surface area contributed by atoms with E-state index in [1.54, 1.807) is 19.2 Å². The molecule has 0 heterocycles. The number of hydrogen-bond donors (Lipinski definition) is 2. The minimum Gasteiger partial charge on any atom is -0.399 e. The molecule has 0 aromatic heterocycles. The molecule has 0 aliphatic carbocycles. The molecular formula is C13H21BrN2O3S. The fourth-order valence-electron chi connectivity index (χ4n) is 1.56. The summed E-state index contributed by atoms with van der Waals surface area (Å²) < 4.78 is 32.7. The van der Waals surface area contributed by atoms with Crippen LogP contribution in [0.4, 0.5) is 5.69 Å². The van der Waals surface area contributed by atoms with Crippen molar-refractivity contribution in [3.8, 4) is 0 Å². The molecule has 0 aliphatic rings. The molecule has 0 fully saturated rings. The molecule has 0 atom stereocenters. The third-order valence-electron chi connectivity index (χ3n) is 2.97. The number of sulfonamides is 1. The number of rotatable bonds is 7. The first-order valence-electron chi connectivity index (χ1n) is 6.21. The van der Waals surface area contributed by atoms with E-state index in [2.05, 4.69) is 20.7 Å². The van der Waals surface area contributed by atoms with Gasteiger partial charge in [-0.3, -0.25) is 0 Å². The van der Waals surface area contributed by atoms with Crippen molar-refractivity contribution in [1.29, 1.82) is 0 Å². The zero-order valence-corrected chi connectivity index (χ0v) is 14.3. The van der Waals surface area contributed by atoms with Crippen LogP contribution in [0.5, 0.6) is 0 Å². The summed E-state index contributed by atoms with van der Waals surface area (Å²) in [6.07, 6.45) is 0.768. The number of nitrogens with one attached hydrogen (secondary N) is 1. The molecule has 0 aliphatic heterocycles. The third-order valence-corrected chi connectivity index (χ3v) is 5.36. The minimum absolute atomic E-state index is 0.153. The second kappa shape index (κ2) is 6.89. The Hall–Kier alpha value is -0.630. The number of benzene rings is 1. The number of nitrogen functional groups attached to an aromatic ring is 1. The van der Waals surface area contributed by atoms with Gasteiger partial charge in [-0.05, 0) is 46.0 Å². The van der Waals surface area contributed by atoms with E-state index in [1.165, 1.54) is 6.07 Å². The van der Waals surface area contributed by atoms with Crippen LogP contribution >= 0.6 is 15.9 Å². The van der Waals surface area contributed by atoms with Crippen LogP contribution in [0.15, 0.2) is 27.6 Å². The van der Waals surface area contributed by atoms with Gasteiger partial charge in [0.05, 0.1) is 4.90 Å². The quantitative estimate of drug-likeness (QED) is 0.727. The normalized spacial score (nSPS) is 12.6. The second-order valence-electron chi connectivity index (χ2n) is 5.42. The first-order valence-corrected chi connectivity index (χ1v) is 8.49. The first-order chi connectivity index (χ1) is 9.18. The van der Waals surface area contributed by atoms with Gasteiger partial charge in [0.25, 0.3) is 0 Å². The van der Waals surface area contributed by atoms with Crippen LogP contribution in [0.3, 0.4) is 0 Å². The molecule has 0 unspecified atom stereocenters. The first kappa shape index (κ1) is 17.4. The fourth-order valence-corrected chi connectivity index (χ4v) is 3.80. The lowest BCUT2D eigenvalue weighted by Crippen LogP contribution is -2.34. The Morgan fingerprint density at radius 1 is 1.40 bits per heavy atom. The Labute approximate surface area is 129 Å². The average Bonchev–Trinajstić information content (AvgIpc) is 2.37. The highest BCUT2D eigenvalue weighted by Crippen LogP contribution is 2.25. The van der Waals surface area contributed by atoms with Crippen LogP contribution in [0.25, 0.3) is 0 Å². The summed E-state index contributed by atoms with van der Waals surface area (Å²) in [6, 6.07) is 4.71. The summed E-state index contributed by atoms with van der Waals surface area (Å²) in [4.78, 5) is 0.153.